The van der Waals surface area contributed by atoms with Crippen LogP contribution in [0.1, 0.15) is 13.3 Å². The van der Waals surface area contributed by atoms with Gasteiger partial charge in [-0.3, -0.25) is 9.59 Å². The summed E-state index contributed by atoms with van der Waals surface area (Å²) in [4.78, 5) is 23.7. The van der Waals surface area contributed by atoms with Gasteiger partial charge in [0.25, 0.3) is 0 Å². The van der Waals surface area contributed by atoms with Gasteiger partial charge < -0.3 is 15.3 Å². The Morgan fingerprint density at radius 3 is 2.62 bits per heavy atom. The number of amides is 2. The van der Waals surface area contributed by atoms with Crippen LogP contribution in [0.15, 0.2) is 0 Å². The molecule has 0 aromatic carbocycles. The summed E-state index contributed by atoms with van der Waals surface area (Å²) in [6.07, 6.45) is -0.245. The Morgan fingerprint density at radius 2 is 2.15 bits per heavy atom. The molecular formula is C8H14N2O3. The van der Waals surface area contributed by atoms with Crippen molar-refractivity contribution in [2.75, 3.05) is 13.6 Å². The summed E-state index contributed by atoms with van der Waals surface area (Å²) in [6, 6.07) is -0.502. The van der Waals surface area contributed by atoms with Crippen molar-refractivity contribution in [1.29, 1.82) is 0 Å². The molecule has 0 aromatic rings. The summed E-state index contributed by atoms with van der Waals surface area (Å²) >= 11 is 0. The molecule has 2 atom stereocenters. The van der Waals surface area contributed by atoms with Gasteiger partial charge in [-0.15, -0.1) is 0 Å². The quantitative estimate of drug-likeness (QED) is 0.535. The molecule has 1 saturated heterocycles. The Balaban J connectivity index is 2.71. The number of nitrogens with one attached hydrogen (secondary N) is 1. The van der Waals surface area contributed by atoms with E-state index in [2.05, 4.69) is 5.32 Å². The molecule has 13 heavy (non-hydrogen) atoms. The van der Waals surface area contributed by atoms with Crippen LogP contribution >= 0.6 is 0 Å². The van der Waals surface area contributed by atoms with E-state index < -0.39 is 12.1 Å². The second-order valence-corrected chi connectivity index (χ2v) is 3.19. The monoisotopic (exact) mass is 186 g/mol. The van der Waals surface area contributed by atoms with Crippen LogP contribution in [-0.4, -0.2) is 47.6 Å². The molecule has 0 bridgehead atoms. The van der Waals surface area contributed by atoms with Crippen LogP contribution in [-0.2, 0) is 9.59 Å². The molecule has 0 aromatic heterocycles. The number of rotatable bonds is 1. The van der Waals surface area contributed by atoms with Crippen molar-refractivity contribution in [2.45, 2.75) is 25.5 Å². The number of hydrogen-bond donors (Lipinski definition) is 2. The predicted molar refractivity (Wildman–Crippen MR) is 45.9 cm³/mol. The summed E-state index contributed by atoms with van der Waals surface area (Å²) in [5.74, 6) is -0.392. The summed E-state index contributed by atoms with van der Waals surface area (Å²) in [7, 11) is 1.52. The lowest BCUT2D eigenvalue weighted by Gasteiger charge is -2.20. The topological polar surface area (TPSA) is 69.6 Å². The zero-order chi connectivity index (χ0) is 10.0. The maximum Gasteiger partial charge on any atom is 0.242 e. The normalized spacial score (nSPS) is 27.5. The maximum absolute atomic E-state index is 11.3. The number of carbonyl (C=O) groups excluding carboxylic acids is 2. The van der Waals surface area contributed by atoms with Crippen LogP contribution in [0.25, 0.3) is 0 Å². The van der Waals surface area contributed by atoms with Crippen LogP contribution in [0.3, 0.4) is 0 Å². The summed E-state index contributed by atoms with van der Waals surface area (Å²) in [5, 5.41) is 11.8. The number of carbonyl (C=O) groups is 2. The zero-order valence-electron chi connectivity index (χ0n) is 7.78. The van der Waals surface area contributed by atoms with Crippen LogP contribution in [0, 0.1) is 0 Å². The van der Waals surface area contributed by atoms with Crippen molar-refractivity contribution >= 4 is 11.8 Å². The second kappa shape index (κ2) is 3.74. The Bertz CT molecular complexity index is 229. The van der Waals surface area contributed by atoms with E-state index >= 15 is 0 Å². The fraction of sp³-hybridized carbons (Fsp3) is 0.750. The van der Waals surface area contributed by atoms with E-state index in [1.165, 1.54) is 18.9 Å². The van der Waals surface area contributed by atoms with Gasteiger partial charge >= 0.3 is 0 Å². The van der Waals surface area contributed by atoms with Crippen molar-refractivity contribution in [3.8, 4) is 0 Å². The molecule has 5 nitrogen and oxygen atoms in total. The first-order valence-corrected chi connectivity index (χ1v) is 4.23. The molecule has 0 saturated carbocycles. The molecule has 1 rings (SSSR count). The minimum Gasteiger partial charge on any atom is -0.391 e. The highest BCUT2D eigenvalue weighted by Crippen LogP contribution is 2.17. The lowest BCUT2D eigenvalue weighted by molar-refractivity contribution is -0.136. The molecule has 0 spiro atoms. The van der Waals surface area contributed by atoms with E-state index in [0.717, 1.165) is 0 Å². The highest BCUT2D eigenvalue weighted by Gasteiger charge is 2.36. The van der Waals surface area contributed by atoms with E-state index in [4.69, 9.17) is 0 Å². The Morgan fingerprint density at radius 1 is 1.54 bits per heavy atom. The highest BCUT2D eigenvalue weighted by atomic mass is 16.3. The average Bonchev–Trinajstić information content (AvgIpc) is 2.46. The van der Waals surface area contributed by atoms with E-state index in [-0.39, 0.29) is 18.4 Å². The number of aliphatic hydroxyl groups excluding tert-OH is 1. The molecule has 5 heteroatoms. The molecule has 74 valence electrons. The molecule has 1 heterocycles. The maximum atomic E-state index is 11.3. The number of likely N-dealkylation sites (tertiary alicyclic amines) is 1. The number of β-amino-alcohol motifs (C(OH)–C–C–N with tert-alkyl or cyclic N) is 1. The van der Waals surface area contributed by atoms with Crippen molar-refractivity contribution in [1.82, 2.24) is 10.2 Å². The van der Waals surface area contributed by atoms with Crippen molar-refractivity contribution < 1.29 is 14.7 Å². The largest absolute Gasteiger partial charge is 0.391 e. The Labute approximate surface area is 76.7 Å². The van der Waals surface area contributed by atoms with Gasteiger partial charge in [-0.1, -0.05) is 0 Å². The predicted octanol–water partition coefficient (Wildman–Crippen LogP) is -1.29. The molecule has 2 amide bonds. The number of hydrogen-bond acceptors (Lipinski definition) is 3. The molecular weight excluding hydrogens is 172 g/mol. The first-order chi connectivity index (χ1) is 6.06. The molecule has 1 aliphatic rings. The van der Waals surface area contributed by atoms with Gasteiger partial charge in [0.15, 0.2) is 0 Å². The van der Waals surface area contributed by atoms with E-state index in [1.54, 1.807) is 0 Å². The minimum absolute atomic E-state index is 0.176. The fourth-order valence-corrected chi connectivity index (χ4v) is 1.58. The Kier molecular flexibility index (Phi) is 2.87. The van der Waals surface area contributed by atoms with Crippen molar-refractivity contribution in [3.05, 3.63) is 0 Å². The lowest BCUT2D eigenvalue weighted by atomic mass is 10.2. The first-order valence-electron chi connectivity index (χ1n) is 4.23. The third-order valence-electron chi connectivity index (χ3n) is 2.23. The lowest BCUT2D eigenvalue weighted by Crippen LogP contribution is -2.43. The zero-order valence-corrected chi connectivity index (χ0v) is 7.78. The molecule has 0 radical (unpaired) electrons. The third-order valence-corrected chi connectivity index (χ3v) is 2.23. The van der Waals surface area contributed by atoms with Gasteiger partial charge in [0.1, 0.15) is 6.04 Å². The van der Waals surface area contributed by atoms with Crippen LogP contribution in [0.2, 0.25) is 0 Å². The number of aliphatic hydroxyl groups is 1. The average molecular weight is 186 g/mol. The molecule has 0 aliphatic carbocycles. The van der Waals surface area contributed by atoms with Crippen molar-refractivity contribution in [3.63, 3.8) is 0 Å². The Hall–Kier alpha value is -1.10. The van der Waals surface area contributed by atoms with Crippen molar-refractivity contribution in [2.24, 2.45) is 0 Å². The van der Waals surface area contributed by atoms with Gasteiger partial charge in [-0.2, -0.15) is 0 Å². The van der Waals surface area contributed by atoms with Gasteiger partial charge in [-0.25, -0.2) is 0 Å². The SMILES string of the molecule is CNC(=O)[C@H]1C[C@H](O)CN1C(C)=O. The van der Waals surface area contributed by atoms with E-state index in [9.17, 15) is 14.7 Å². The van der Waals surface area contributed by atoms with Gasteiger partial charge in [-0.05, 0) is 0 Å². The van der Waals surface area contributed by atoms with Gasteiger partial charge in [0, 0.05) is 26.9 Å². The standard InChI is InChI=1S/C8H14N2O3/c1-5(11)10-4-6(12)3-7(10)8(13)9-2/h6-7,12H,3-4H2,1-2H3,(H,9,13)/t6-,7+/m0/s1. The minimum atomic E-state index is -0.578. The second-order valence-electron chi connectivity index (χ2n) is 3.19. The molecule has 0 unspecified atom stereocenters. The van der Waals surface area contributed by atoms with Gasteiger partial charge in [0.2, 0.25) is 11.8 Å². The van der Waals surface area contributed by atoms with Crippen LogP contribution in [0.4, 0.5) is 0 Å². The summed E-state index contributed by atoms with van der Waals surface area (Å²) < 4.78 is 0. The third kappa shape index (κ3) is 1.98. The number of likely N-dealkylation sites (N-methyl/N-ethyl adjacent to an activating group) is 1. The number of nitrogens with zero attached hydrogens (tertiary/aromatic N) is 1. The van der Waals surface area contributed by atoms with E-state index in [1.807, 2.05) is 0 Å². The molecule has 2 N–H and O–H groups in total. The fourth-order valence-electron chi connectivity index (χ4n) is 1.58. The van der Waals surface area contributed by atoms with Crippen LogP contribution in [0.5, 0.6) is 0 Å². The van der Waals surface area contributed by atoms with E-state index in [0.29, 0.717) is 6.42 Å². The first kappa shape index (κ1) is 9.98. The summed E-state index contributed by atoms with van der Waals surface area (Å²) in [6.45, 7) is 1.65. The molecule has 1 aliphatic heterocycles. The van der Waals surface area contributed by atoms with Gasteiger partial charge in [0.05, 0.1) is 6.10 Å². The molecule has 1 fully saturated rings. The smallest absolute Gasteiger partial charge is 0.242 e. The summed E-state index contributed by atoms with van der Waals surface area (Å²) in [5.41, 5.74) is 0. The van der Waals surface area contributed by atoms with Crippen LogP contribution < -0.4 is 5.32 Å². The highest BCUT2D eigenvalue weighted by molar-refractivity contribution is 5.87.